The molecule has 2 aliphatic heterocycles. The summed E-state index contributed by atoms with van der Waals surface area (Å²) in [5, 5.41) is 11.7. The molecule has 2 saturated heterocycles. The van der Waals surface area contributed by atoms with E-state index in [0.717, 1.165) is 0 Å². The lowest BCUT2D eigenvalue weighted by Gasteiger charge is -2.43. The Bertz CT molecular complexity index is 701. The van der Waals surface area contributed by atoms with Gasteiger partial charge in [0.25, 0.3) is 0 Å². The van der Waals surface area contributed by atoms with Gasteiger partial charge >= 0.3 is 5.97 Å². The molecule has 3 rings (SSSR count). The Morgan fingerprint density at radius 2 is 1.78 bits per heavy atom. The summed E-state index contributed by atoms with van der Waals surface area (Å²) in [7, 11) is 0. The third-order valence-corrected chi connectivity index (χ3v) is 5.99. The quantitative estimate of drug-likeness (QED) is 0.477. The Morgan fingerprint density at radius 1 is 1.22 bits per heavy atom. The molecule has 11 heteroatoms. The van der Waals surface area contributed by atoms with Gasteiger partial charge in [0.2, 0.25) is 11.8 Å². The van der Waals surface area contributed by atoms with Crippen molar-refractivity contribution in [1.29, 1.82) is 0 Å². The lowest BCUT2D eigenvalue weighted by molar-refractivity contribution is -0.161. The van der Waals surface area contributed by atoms with Gasteiger partial charge in [-0.05, 0) is 19.4 Å². The summed E-state index contributed by atoms with van der Waals surface area (Å²) in [5.74, 6) is -1.86. The van der Waals surface area contributed by atoms with Crippen molar-refractivity contribution in [1.82, 2.24) is 10.2 Å². The molecule has 2 amide bonds. The van der Waals surface area contributed by atoms with Gasteiger partial charge in [0.1, 0.15) is 23.5 Å². The molecule has 0 aromatic heterocycles. The number of aliphatic carboxylic acids is 1. The molecule has 1 aromatic rings. The van der Waals surface area contributed by atoms with E-state index in [-0.39, 0.29) is 27.7 Å². The summed E-state index contributed by atoms with van der Waals surface area (Å²) >= 11 is 1.38. The summed E-state index contributed by atoms with van der Waals surface area (Å²) in [6.45, 7) is 3.58. The maximum atomic E-state index is 12.3. The lowest BCUT2D eigenvalue weighted by Crippen LogP contribution is -2.71. The number of carboxylic acids is 1. The number of carbonyl (C=O) groups excluding carboxylic acids is 2. The van der Waals surface area contributed by atoms with E-state index in [1.165, 1.54) is 16.7 Å². The van der Waals surface area contributed by atoms with Crippen molar-refractivity contribution in [3.8, 4) is 0 Å². The first kappa shape index (κ1) is 24.8. The molecular weight excluding hydrogens is 378 g/mol. The molecule has 0 bridgehead atoms. The summed E-state index contributed by atoms with van der Waals surface area (Å²) in [4.78, 5) is 37.5. The van der Waals surface area contributed by atoms with Gasteiger partial charge in [-0.1, -0.05) is 30.3 Å². The van der Waals surface area contributed by atoms with Crippen LogP contribution in [0.2, 0.25) is 0 Å². The van der Waals surface area contributed by atoms with E-state index in [9.17, 15) is 19.5 Å². The third-order valence-electron chi connectivity index (χ3n) is 4.41. The monoisotopic (exact) mass is 403 g/mol. The molecule has 4 atom stereocenters. The zero-order valence-electron chi connectivity index (χ0n) is 14.8. The Balaban J connectivity index is 0.00000225. The van der Waals surface area contributed by atoms with Crippen molar-refractivity contribution in [2.75, 3.05) is 0 Å². The number of amides is 2. The van der Waals surface area contributed by atoms with Crippen LogP contribution >= 0.6 is 11.8 Å². The molecule has 0 radical (unpaired) electrons. The lowest BCUT2D eigenvalue weighted by atomic mass is 9.95. The molecular formula is C16H25N3O7S. The van der Waals surface area contributed by atoms with E-state index in [2.05, 4.69) is 5.32 Å². The molecule has 0 spiro atoms. The van der Waals surface area contributed by atoms with Crippen molar-refractivity contribution >= 4 is 29.5 Å². The molecule has 10 N–H and O–H groups in total. The average molecular weight is 403 g/mol. The van der Waals surface area contributed by atoms with Crippen LogP contribution in [-0.2, 0) is 14.4 Å². The van der Waals surface area contributed by atoms with Crippen LogP contribution in [0.15, 0.2) is 30.3 Å². The fourth-order valence-electron chi connectivity index (χ4n) is 3.20. The first-order valence-corrected chi connectivity index (χ1v) is 8.45. The topological polar surface area (TPSA) is 207 Å². The maximum absolute atomic E-state index is 12.3. The number of thioether (sulfide) groups is 1. The van der Waals surface area contributed by atoms with Crippen LogP contribution in [0.4, 0.5) is 0 Å². The largest absolute Gasteiger partial charge is 0.480 e. The number of nitrogens with one attached hydrogen (secondary N) is 1. The highest BCUT2D eigenvalue weighted by atomic mass is 32.2. The van der Waals surface area contributed by atoms with E-state index in [0.29, 0.717) is 5.56 Å². The normalized spacial score (nSPS) is 25.5. The maximum Gasteiger partial charge on any atom is 0.327 e. The number of fused-ring (bicyclic) bond motifs is 1. The number of rotatable bonds is 4. The van der Waals surface area contributed by atoms with E-state index < -0.39 is 34.7 Å². The van der Waals surface area contributed by atoms with Crippen molar-refractivity contribution in [3.05, 3.63) is 35.9 Å². The van der Waals surface area contributed by atoms with Gasteiger partial charge in [-0.2, -0.15) is 0 Å². The number of carboxylic acid groups (broad SMARTS) is 1. The van der Waals surface area contributed by atoms with Gasteiger partial charge in [0, 0.05) is 4.75 Å². The minimum Gasteiger partial charge on any atom is -0.480 e. The van der Waals surface area contributed by atoms with Crippen molar-refractivity contribution in [2.45, 2.75) is 42.1 Å². The van der Waals surface area contributed by atoms with Crippen LogP contribution < -0.4 is 11.1 Å². The number of benzene rings is 1. The second kappa shape index (κ2) is 8.67. The SMILES string of the molecule is CC1(C)S[C@H]2[C@H](NC(=O)[C@H](N)c3ccccc3)C(=O)N2[C@@H]1C(=O)O.O.O.O. The number of β-lactam (4-membered cyclic amide) rings is 1. The molecule has 1 aromatic carbocycles. The Hall–Kier alpha value is -2.18. The van der Waals surface area contributed by atoms with E-state index in [1.54, 1.807) is 38.1 Å². The molecule has 0 saturated carbocycles. The molecule has 10 nitrogen and oxygen atoms in total. The molecule has 2 fully saturated rings. The molecule has 2 aliphatic rings. The molecule has 152 valence electrons. The van der Waals surface area contributed by atoms with Crippen LogP contribution in [0.5, 0.6) is 0 Å². The minimum atomic E-state index is -1.03. The first-order valence-electron chi connectivity index (χ1n) is 7.58. The number of hydrogen-bond donors (Lipinski definition) is 3. The fourth-order valence-corrected chi connectivity index (χ4v) is 4.83. The number of nitrogens with zero attached hydrogens (tertiary/aromatic N) is 1. The van der Waals surface area contributed by atoms with Crippen molar-refractivity contribution in [3.63, 3.8) is 0 Å². The third kappa shape index (κ3) is 4.06. The van der Waals surface area contributed by atoms with Crippen LogP contribution in [0.1, 0.15) is 25.5 Å². The molecule has 27 heavy (non-hydrogen) atoms. The smallest absolute Gasteiger partial charge is 0.327 e. The highest BCUT2D eigenvalue weighted by Gasteiger charge is 2.64. The summed E-state index contributed by atoms with van der Waals surface area (Å²) in [6.07, 6.45) is 0. The van der Waals surface area contributed by atoms with E-state index in [1.807, 2.05) is 6.07 Å². The van der Waals surface area contributed by atoms with Gasteiger partial charge in [-0.25, -0.2) is 4.79 Å². The number of nitrogens with two attached hydrogens (primary N) is 1. The van der Waals surface area contributed by atoms with E-state index >= 15 is 0 Å². The second-order valence-electron chi connectivity index (χ2n) is 6.47. The fraction of sp³-hybridized carbons (Fsp3) is 0.438. The summed E-state index contributed by atoms with van der Waals surface area (Å²) < 4.78 is -0.618. The standard InChI is InChI=1S/C16H19N3O4S.3H2O/c1-16(2)11(15(22)23)19-13(21)10(14(19)24-16)18-12(20)9(17)8-6-4-3-5-7-8;;;/h3-7,9-11,14H,17H2,1-2H3,(H,18,20)(H,22,23);3*1H2/t9-,10-,11-,14+;;;/m1.../s1. The number of hydrogen-bond acceptors (Lipinski definition) is 5. The average Bonchev–Trinajstić information content (AvgIpc) is 2.80. The van der Waals surface area contributed by atoms with Gasteiger partial charge in [-0.3, -0.25) is 9.59 Å². The Morgan fingerprint density at radius 3 is 2.30 bits per heavy atom. The molecule has 0 aliphatic carbocycles. The summed E-state index contributed by atoms with van der Waals surface area (Å²) in [5.41, 5.74) is 6.59. The molecule has 0 unspecified atom stereocenters. The first-order chi connectivity index (χ1) is 11.2. The zero-order valence-corrected chi connectivity index (χ0v) is 15.6. The zero-order chi connectivity index (χ0) is 17.6. The van der Waals surface area contributed by atoms with Crippen LogP contribution in [0, 0.1) is 0 Å². The van der Waals surface area contributed by atoms with Crippen LogP contribution in [0.3, 0.4) is 0 Å². The Labute approximate surface area is 160 Å². The van der Waals surface area contributed by atoms with E-state index in [4.69, 9.17) is 5.73 Å². The van der Waals surface area contributed by atoms with Crippen LogP contribution in [0.25, 0.3) is 0 Å². The van der Waals surface area contributed by atoms with Gasteiger partial charge in [-0.15, -0.1) is 11.8 Å². The number of carbonyl (C=O) groups is 3. The minimum absolute atomic E-state index is 0. The van der Waals surface area contributed by atoms with Crippen molar-refractivity contribution < 1.29 is 35.9 Å². The Kier molecular flexibility index (Phi) is 7.97. The second-order valence-corrected chi connectivity index (χ2v) is 8.24. The molecule has 2 heterocycles. The summed E-state index contributed by atoms with van der Waals surface area (Å²) in [6, 6.07) is 6.38. The highest BCUT2D eigenvalue weighted by molar-refractivity contribution is 8.01. The van der Waals surface area contributed by atoms with Crippen LogP contribution in [-0.4, -0.2) is 66.4 Å². The van der Waals surface area contributed by atoms with Gasteiger partial charge in [0.05, 0.1) is 0 Å². The predicted molar refractivity (Wildman–Crippen MR) is 99.9 cm³/mol. The van der Waals surface area contributed by atoms with Crippen molar-refractivity contribution in [2.24, 2.45) is 5.73 Å². The predicted octanol–water partition coefficient (Wildman–Crippen LogP) is -2.16. The van der Waals surface area contributed by atoms with Gasteiger partial charge < -0.3 is 37.5 Å². The van der Waals surface area contributed by atoms with Gasteiger partial charge in [0.15, 0.2) is 0 Å². The highest BCUT2D eigenvalue weighted by Crippen LogP contribution is 2.50.